The van der Waals surface area contributed by atoms with Crippen LogP contribution in [0.15, 0.2) is 36.4 Å². The van der Waals surface area contributed by atoms with Crippen molar-refractivity contribution in [1.82, 2.24) is 0 Å². The van der Waals surface area contributed by atoms with Crippen molar-refractivity contribution in [2.24, 2.45) is 0 Å². The van der Waals surface area contributed by atoms with Crippen molar-refractivity contribution in [1.29, 1.82) is 0 Å². The Hall–Kier alpha value is -2.95. The highest BCUT2D eigenvalue weighted by Gasteiger charge is 2.33. The van der Waals surface area contributed by atoms with E-state index < -0.39 is 0 Å². The zero-order chi connectivity index (χ0) is 19.6. The van der Waals surface area contributed by atoms with Gasteiger partial charge in [0.15, 0.2) is 5.71 Å². The highest BCUT2D eigenvalue weighted by Crippen LogP contribution is 2.38. The molecule has 0 saturated heterocycles. The van der Waals surface area contributed by atoms with Crippen LogP contribution in [0.25, 0.3) is 6.08 Å². The van der Waals surface area contributed by atoms with Gasteiger partial charge in [0.1, 0.15) is 30.0 Å². The van der Waals surface area contributed by atoms with Gasteiger partial charge in [0, 0.05) is 29.8 Å². The number of hydrogen-bond acceptors (Lipinski definition) is 4. The van der Waals surface area contributed by atoms with Gasteiger partial charge in [-0.05, 0) is 25.1 Å². The summed E-state index contributed by atoms with van der Waals surface area (Å²) in [5.74, 6) is 3.23. The zero-order valence-electron chi connectivity index (χ0n) is 16.7. The number of rotatable bonds is 6. The molecule has 3 rings (SSSR count). The second kappa shape index (κ2) is 7.74. The summed E-state index contributed by atoms with van der Waals surface area (Å²) in [5.41, 5.74) is 4.52. The normalized spacial score (nSPS) is 15.9. The molecule has 1 aliphatic rings. The average Bonchev–Trinajstić information content (AvgIpc) is 2.95. The van der Waals surface area contributed by atoms with Gasteiger partial charge in [-0.25, -0.2) is 0 Å². The highest BCUT2D eigenvalue weighted by atomic mass is 16.5. The van der Waals surface area contributed by atoms with Crippen molar-refractivity contribution >= 4 is 17.5 Å². The minimum atomic E-state index is 0.256. The van der Waals surface area contributed by atoms with Gasteiger partial charge in [0.2, 0.25) is 5.69 Å². The monoisotopic (exact) mass is 368 g/mol. The van der Waals surface area contributed by atoms with Crippen LogP contribution in [-0.2, 0) is 0 Å². The van der Waals surface area contributed by atoms with Gasteiger partial charge in [-0.1, -0.05) is 0 Å². The lowest BCUT2D eigenvalue weighted by molar-refractivity contribution is -0.401. The van der Waals surface area contributed by atoms with E-state index in [1.807, 2.05) is 24.3 Å². The maximum atomic E-state index is 5.54. The van der Waals surface area contributed by atoms with Gasteiger partial charge < -0.3 is 18.9 Å². The summed E-state index contributed by atoms with van der Waals surface area (Å²) in [7, 11) is 8.69. The van der Waals surface area contributed by atoms with E-state index in [9.17, 15) is 0 Å². The summed E-state index contributed by atoms with van der Waals surface area (Å²) in [6, 6.07) is 9.90. The number of benzene rings is 2. The van der Waals surface area contributed by atoms with E-state index in [1.165, 1.54) is 17.0 Å². The Morgan fingerprint density at radius 3 is 2.00 bits per heavy atom. The molecule has 5 heteroatoms. The Kier molecular flexibility index (Phi) is 5.40. The standard InChI is InChI=1S/C22H26NO4/c1-14-18-11-15(24-3)7-9-20(18)23(2)19(14)10-8-17-21(26-5)12-16(25-4)13-22(17)27-6/h7-14H,1-6H3/q+1/b10-8+. The summed E-state index contributed by atoms with van der Waals surface area (Å²) in [6.45, 7) is 2.20. The second-order valence-corrected chi connectivity index (χ2v) is 6.41. The van der Waals surface area contributed by atoms with Gasteiger partial charge in [0.25, 0.3) is 0 Å². The first-order valence-electron chi connectivity index (χ1n) is 8.80. The molecule has 5 nitrogen and oxygen atoms in total. The highest BCUT2D eigenvalue weighted by molar-refractivity contribution is 6.02. The van der Waals surface area contributed by atoms with E-state index in [0.29, 0.717) is 17.2 Å². The average molecular weight is 368 g/mol. The summed E-state index contributed by atoms with van der Waals surface area (Å²) in [4.78, 5) is 0. The van der Waals surface area contributed by atoms with Crippen LogP contribution in [-0.4, -0.2) is 45.8 Å². The zero-order valence-corrected chi connectivity index (χ0v) is 16.7. The van der Waals surface area contributed by atoms with Crippen molar-refractivity contribution in [3.8, 4) is 23.0 Å². The van der Waals surface area contributed by atoms with Crippen molar-refractivity contribution in [2.45, 2.75) is 12.8 Å². The summed E-state index contributed by atoms with van der Waals surface area (Å²) >= 11 is 0. The molecule has 0 fully saturated rings. The Bertz CT molecular complexity index is 890. The predicted molar refractivity (Wildman–Crippen MR) is 107 cm³/mol. The molecule has 0 spiro atoms. The maximum absolute atomic E-state index is 5.54. The SMILES string of the molecule is COc1cc(OC)c(/C=C/C2=[N+](C)c3ccc(OC)cc3C2C)c(OC)c1. The molecule has 1 unspecified atom stereocenters. The summed E-state index contributed by atoms with van der Waals surface area (Å²) < 4.78 is 24.0. The Labute approximate surface area is 160 Å². The topological polar surface area (TPSA) is 39.9 Å². The molecule has 0 amide bonds. The van der Waals surface area contributed by atoms with Gasteiger partial charge in [-0.15, -0.1) is 0 Å². The fourth-order valence-electron chi connectivity index (χ4n) is 3.52. The summed E-state index contributed by atoms with van der Waals surface area (Å²) in [6.07, 6.45) is 4.15. The molecular formula is C22H26NO4+. The van der Waals surface area contributed by atoms with Crippen molar-refractivity contribution in [3.05, 3.63) is 47.5 Å². The van der Waals surface area contributed by atoms with Crippen LogP contribution in [0, 0.1) is 0 Å². The Morgan fingerprint density at radius 2 is 1.44 bits per heavy atom. The van der Waals surface area contributed by atoms with Gasteiger partial charge in [-0.3, -0.25) is 0 Å². The smallest absolute Gasteiger partial charge is 0.209 e. The summed E-state index contributed by atoms with van der Waals surface area (Å²) in [5, 5.41) is 0. The third-order valence-electron chi connectivity index (χ3n) is 5.07. The fourth-order valence-corrected chi connectivity index (χ4v) is 3.52. The molecule has 0 aromatic heterocycles. The third-order valence-corrected chi connectivity index (χ3v) is 5.07. The molecule has 0 aliphatic carbocycles. The van der Waals surface area contributed by atoms with Crippen LogP contribution in [0.5, 0.6) is 23.0 Å². The van der Waals surface area contributed by atoms with Crippen LogP contribution in [0.1, 0.15) is 24.0 Å². The minimum Gasteiger partial charge on any atom is -0.497 e. The molecular weight excluding hydrogens is 342 g/mol. The number of methoxy groups -OCH3 is 4. The lowest BCUT2D eigenvalue weighted by Gasteiger charge is -2.12. The van der Waals surface area contributed by atoms with Crippen LogP contribution >= 0.6 is 0 Å². The van der Waals surface area contributed by atoms with Crippen molar-refractivity contribution < 1.29 is 23.5 Å². The third kappa shape index (κ3) is 3.37. The number of hydrogen-bond donors (Lipinski definition) is 0. The quantitative estimate of drug-likeness (QED) is 0.714. The molecule has 0 N–H and O–H groups in total. The van der Waals surface area contributed by atoms with E-state index in [4.69, 9.17) is 18.9 Å². The van der Waals surface area contributed by atoms with Gasteiger partial charge >= 0.3 is 0 Å². The van der Waals surface area contributed by atoms with E-state index in [0.717, 1.165) is 11.3 Å². The molecule has 0 bridgehead atoms. The number of fused-ring (bicyclic) bond motifs is 1. The molecule has 27 heavy (non-hydrogen) atoms. The van der Waals surface area contributed by atoms with E-state index in [1.54, 1.807) is 28.4 Å². The number of allylic oxidation sites excluding steroid dienone is 1. The molecule has 0 saturated carbocycles. The number of nitrogens with zero attached hydrogens (tertiary/aromatic N) is 1. The van der Waals surface area contributed by atoms with E-state index >= 15 is 0 Å². The van der Waals surface area contributed by atoms with Crippen LogP contribution in [0.3, 0.4) is 0 Å². The maximum Gasteiger partial charge on any atom is 0.209 e. The molecule has 1 heterocycles. The van der Waals surface area contributed by atoms with E-state index in [2.05, 4.69) is 36.8 Å². The Balaban J connectivity index is 2.01. The van der Waals surface area contributed by atoms with Crippen molar-refractivity contribution in [2.75, 3.05) is 35.5 Å². The van der Waals surface area contributed by atoms with Crippen LogP contribution in [0.2, 0.25) is 0 Å². The number of ether oxygens (including phenoxy) is 4. The second-order valence-electron chi connectivity index (χ2n) is 6.41. The lowest BCUT2D eigenvalue weighted by atomic mass is 9.97. The molecule has 142 valence electrons. The Morgan fingerprint density at radius 1 is 0.815 bits per heavy atom. The van der Waals surface area contributed by atoms with Crippen molar-refractivity contribution in [3.63, 3.8) is 0 Å². The first kappa shape index (κ1) is 18.8. The van der Waals surface area contributed by atoms with Gasteiger partial charge in [-0.2, -0.15) is 4.58 Å². The van der Waals surface area contributed by atoms with Gasteiger partial charge in [0.05, 0.1) is 39.9 Å². The first-order valence-corrected chi connectivity index (χ1v) is 8.80. The molecule has 1 atom stereocenters. The fraction of sp³-hybridized carbons (Fsp3) is 0.318. The minimum absolute atomic E-state index is 0.256. The van der Waals surface area contributed by atoms with Crippen LogP contribution < -0.4 is 18.9 Å². The molecule has 2 aromatic carbocycles. The first-order chi connectivity index (χ1) is 13.0. The largest absolute Gasteiger partial charge is 0.497 e. The molecule has 1 aliphatic heterocycles. The van der Waals surface area contributed by atoms with Crippen LogP contribution in [0.4, 0.5) is 5.69 Å². The predicted octanol–water partition coefficient (Wildman–Crippen LogP) is 4.27. The lowest BCUT2D eigenvalue weighted by Crippen LogP contribution is -2.09. The molecule has 0 radical (unpaired) electrons. The van der Waals surface area contributed by atoms with E-state index in [-0.39, 0.29) is 5.92 Å². The molecule has 2 aromatic rings.